The number of benzene rings is 2. The summed E-state index contributed by atoms with van der Waals surface area (Å²) in [6.07, 6.45) is 0.954. The number of rotatable bonds is 5. The van der Waals surface area contributed by atoms with Crippen LogP contribution >= 0.6 is 0 Å². The van der Waals surface area contributed by atoms with Gasteiger partial charge >= 0.3 is 0 Å². The fourth-order valence-corrected chi connectivity index (χ4v) is 1.96. The maximum absolute atomic E-state index is 5.73. The fraction of sp³-hybridized carbons (Fsp3) is 0.222. The first-order valence-corrected chi connectivity index (χ1v) is 6.67. The summed E-state index contributed by atoms with van der Waals surface area (Å²) < 4.78 is 5.73. The predicted molar refractivity (Wildman–Crippen MR) is 81.3 cm³/mol. The summed E-state index contributed by atoms with van der Waals surface area (Å²) in [5.74, 6) is 0.938. The quantitative estimate of drug-likeness (QED) is 0.731. The minimum absolute atomic E-state index is 0.722. The van der Waals surface area contributed by atoms with Gasteiger partial charge in [0.2, 0.25) is 0 Å². The molecule has 0 unspecified atom stereocenters. The summed E-state index contributed by atoms with van der Waals surface area (Å²) in [6, 6.07) is 20.5. The Hall–Kier alpha value is -2.02. The molecule has 19 heavy (non-hydrogen) atoms. The van der Waals surface area contributed by atoms with Gasteiger partial charge in [0.1, 0.15) is 5.75 Å². The molecule has 0 heterocycles. The third-order valence-corrected chi connectivity index (χ3v) is 3.34. The second-order valence-electron chi connectivity index (χ2n) is 4.68. The topological polar surface area (TPSA) is 9.23 Å². The second-order valence-corrected chi connectivity index (χ2v) is 4.68. The van der Waals surface area contributed by atoms with Crippen molar-refractivity contribution in [3.8, 4) is 5.75 Å². The molecule has 0 atom stereocenters. The molecular formula is C18H20O. The average molecular weight is 252 g/mol. The van der Waals surface area contributed by atoms with E-state index in [4.69, 9.17) is 4.74 Å². The summed E-state index contributed by atoms with van der Waals surface area (Å²) in [5.41, 5.74) is 4.01. The van der Waals surface area contributed by atoms with Crippen LogP contribution in [-0.4, -0.2) is 6.61 Å². The van der Waals surface area contributed by atoms with E-state index in [0.717, 1.165) is 18.8 Å². The van der Waals surface area contributed by atoms with E-state index in [2.05, 4.69) is 38.1 Å². The molecule has 1 heteroatoms. The minimum atomic E-state index is 0.722. The Morgan fingerprint density at radius 2 is 1.42 bits per heavy atom. The zero-order chi connectivity index (χ0) is 13.5. The van der Waals surface area contributed by atoms with Crippen LogP contribution in [0, 0.1) is 0 Å². The second kappa shape index (κ2) is 6.79. The molecule has 0 saturated heterocycles. The molecule has 0 aliphatic heterocycles. The van der Waals surface area contributed by atoms with Crippen LogP contribution in [0.15, 0.2) is 66.2 Å². The lowest BCUT2D eigenvalue weighted by Crippen LogP contribution is -1.98. The maximum Gasteiger partial charge on any atom is 0.119 e. The van der Waals surface area contributed by atoms with E-state index in [1.165, 1.54) is 16.7 Å². The summed E-state index contributed by atoms with van der Waals surface area (Å²) in [7, 11) is 0. The maximum atomic E-state index is 5.73. The van der Waals surface area contributed by atoms with E-state index in [1.54, 1.807) is 0 Å². The number of ether oxygens (including phenoxy) is 1. The minimum Gasteiger partial charge on any atom is -0.493 e. The van der Waals surface area contributed by atoms with Gasteiger partial charge in [0, 0.05) is 6.42 Å². The first kappa shape index (κ1) is 13.4. The lowest BCUT2D eigenvalue weighted by Gasteiger charge is -2.10. The van der Waals surface area contributed by atoms with Crippen molar-refractivity contribution in [1.82, 2.24) is 0 Å². The molecule has 1 nitrogen and oxygen atoms in total. The van der Waals surface area contributed by atoms with E-state index in [-0.39, 0.29) is 0 Å². The molecule has 0 bridgehead atoms. The Bertz CT molecular complexity index is 526. The molecule has 0 N–H and O–H groups in total. The SMILES string of the molecule is CC(CCOc1ccccc1)=C(C)c1ccccc1. The lowest BCUT2D eigenvalue weighted by molar-refractivity contribution is 0.322. The number of hydrogen-bond acceptors (Lipinski definition) is 1. The zero-order valence-corrected chi connectivity index (χ0v) is 11.6. The van der Waals surface area contributed by atoms with Crippen molar-refractivity contribution in [3.05, 3.63) is 71.8 Å². The summed E-state index contributed by atoms with van der Waals surface area (Å²) in [4.78, 5) is 0. The highest BCUT2D eigenvalue weighted by atomic mass is 16.5. The molecule has 0 aliphatic carbocycles. The van der Waals surface area contributed by atoms with Crippen molar-refractivity contribution < 1.29 is 4.74 Å². The smallest absolute Gasteiger partial charge is 0.119 e. The van der Waals surface area contributed by atoms with E-state index in [1.807, 2.05) is 36.4 Å². The third kappa shape index (κ3) is 3.99. The Kier molecular flexibility index (Phi) is 4.79. The van der Waals surface area contributed by atoms with Crippen molar-refractivity contribution >= 4 is 5.57 Å². The van der Waals surface area contributed by atoms with Gasteiger partial charge in [-0.2, -0.15) is 0 Å². The molecule has 0 fully saturated rings. The molecule has 2 aromatic rings. The van der Waals surface area contributed by atoms with Gasteiger partial charge in [0.25, 0.3) is 0 Å². The monoisotopic (exact) mass is 252 g/mol. The van der Waals surface area contributed by atoms with Gasteiger partial charge < -0.3 is 4.74 Å². The van der Waals surface area contributed by atoms with Gasteiger partial charge in [-0.15, -0.1) is 0 Å². The highest BCUT2D eigenvalue weighted by Gasteiger charge is 2.00. The molecule has 0 amide bonds. The van der Waals surface area contributed by atoms with Crippen LogP contribution in [-0.2, 0) is 0 Å². The lowest BCUT2D eigenvalue weighted by atomic mass is 10.0. The largest absolute Gasteiger partial charge is 0.493 e. The van der Waals surface area contributed by atoms with Crippen molar-refractivity contribution in [2.45, 2.75) is 20.3 Å². The number of hydrogen-bond donors (Lipinski definition) is 0. The molecule has 0 aliphatic rings. The highest BCUT2D eigenvalue weighted by molar-refractivity contribution is 5.66. The molecule has 98 valence electrons. The van der Waals surface area contributed by atoms with Gasteiger partial charge in [-0.05, 0) is 37.1 Å². The van der Waals surface area contributed by atoms with Crippen LogP contribution in [0.4, 0.5) is 0 Å². The van der Waals surface area contributed by atoms with E-state index >= 15 is 0 Å². The molecule has 0 saturated carbocycles. The van der Waals surface area contributed by atoms with Crippen molar-refractivity contribution in [3.63, 3.8) is 0 Å². The predicted octanol–water partition coefficient (Wildman–Crippen LogP) is 4.95. The number of para-hydroxylation sites is 1. The van der Waals surface area contributed by atoms with Crippen LogP contribution in [0.1, 0.15) is 25.8 Å². The standard InChI is InChI=1S/C18H20O/c1-15(16(2)17-9-5-3-6-10-17)13-14-19-18-11-7-4-8-12-18/h3-12H,13-14H2,1-2H3. The van der Waals surface area contributed by atoms with E-state index in [9.17, 15) is 0 Å². The summed E-state index contributed by atoms with van der Waals surface area (Å²) in [5, 5.41) is 0. The van der Waals surface area contributed by atoms with Gasteiger partial charge in [0.05, 0.1) is 6.61 Å². The number of allylic oxidation sites excluding steroid dienone is 1. The Balaban J connectivity index is 1.92. The Morgan fingerprint density at radius 3 is 2.05 bits per heavy atom. The van der Waals surface area contributed by atoms with Crippen LogP contribution in [0.25, 0.3) is 5.57 Å². The van der Waals surface area contributed by atoms with Crippen LogP contribution in [0.5, 0.6) is 5.75 Å². The molecule has 0 spiro atoms. The molecular weight excluding hydrogens is 232 g/mol. The molecule has 2 aromatic carbocycles. The highest BCUT2D eigenvalue weighted by Crippen LogP contribution is 2.20. The molecule has 0 radical (unpaired) electrons. The first-order valence-electron chi connectivity index (χ1n) is 6.67. The molecule has 0 aromatic heterocycles. The van der Waals surface area contributed by atoms with Gasteiger partial charge in [-0.1, -0.05) is 54.1 Å². The van der Waals surface area contributed by atoms with Gasteiger partial charge in [0.15, 0.2) is 0 Å². The molecule has 2 rings (SSSR count). The van der Waals surface area contributed by atoms with Crippen molar-refractivity contribution in [1.29, 1.82) is 0 Å². The Labute approximate surface area is 115 Å². The van der Waals surface area contributed by atoms with Gasteiger partial charge in [-0.25, -0.2) is 0 Å². The first-order chi connectivity index (χ1) is 9.27. The third-order valence-electron chi connectivity index (χ3n) is 3.34. The Morgan fingerprint density at radius 1 is 0.842 bits per heavy atom. The van der Waals surface area contributed by atoms with E-state index < -0.39 is 0 Å². The average Bonchev–Trinajstić information content (AvgIpc) is 2.48. The van der Waals surface area contributed by atoms with Crippen LogP contribution in [0.2, 0.25) is 0 Å². The normalized spacial score (nSPS) is 11.9. The van der Waals surface area contributed by atoms with Crippen molar-refractivity contribution in [2.75, 3.05) is 6.61 Å². The van der Waals surface area contributed by atoms with Crippen LogP contribution < -0.4 is 4.74 Å². The van der Waals surface area contributed by atoms with Crippen molar-refractivity contribution in [2.24, 2.45) is 0 Å². The summed E-state index contributed by atoms with van der Waals surface area (Å²) >= 11 is 0. The van der Waals surface area contributed by atoms with E-state index in [0.29, 0.717) is 0 Å². The van der Waals surface area contributed by atoms with Crippen LogP contribution in [0.3, 0.4) is 0 Å². The zero-order valence-electron chi connectivity index (χ0n) is 11.6. The van der Waals surface area contributed by atoms with Gasteiger partial charge in [-0.3, -0.25) is 0 Å². The fourth-order valence-electron chi connectivity index (χ4n) is 1.96. The summed E-state index contributed by atoms with van der Waals surface area (Å²) in [6.45, 7) is 5.07.